The molecule has 0 heterocycles. The topological polar surface area (TPSA) is 32.3 Å². The molecule has 100 valence electrons. The van der Waals surface area contributed by atoms with Crippen molar-refractivity contribution in [2.24, 2.45) is 0 Å². The first-order valence-corrected chi connectivity index (χ1v) is 7.17. The fourth-order valence-corrected chi connectivity index (χ4v) is 3.04. The van der Waals surface area contributed by atoms with Gasteiger partial charge >= 0.3 is 0 Å². The first-order valence-electron chi connectivity index (χ1n) is 6.35. The van der Waals surface area contributed by atoms with E-state index >= 15 is 0 Å². The van der Waals surface area contributed by atoms with Gasteiger partial charge in [0.15, 0.2) is 0 Å². The molecular weight excluding hydrogens is 254 g/mol. The molecule has 0 radical (unpaired) electrons. The molecule has 0 aromatic heterocycles. The zero-order valence-corrected chi connectivity index (χ0v) is 12.1. The highest BCUT2D eigenvalue weighted by Gasteiger charge is 2.07. The third kappa shape index (κ3) is 3.60. The van der Waals surface area contributed by atoms with Gasteiger partial charge in [0.2, 0.25) is 0 Å². The summed E-state index contributed by atoms with van der Waals surface area (Å²) in [5.41, 5.74) is 3.45. The number of aryl methyl sites for hydroxylation is 1. The average Bonchev–Trinajstić information content (AvgIpc) is 2.43. The Hall–Kier alpha value is -1.29. The molecule has 0 saturated heterocycles. The normalized spacial score (nSPS) is 10.7. The van der Waals surface area contributed by atoms with Gasteiger partial charge in [0, 0.05) is 16.3 Å². The zero-order chi connectivity index (χ0) is 13.7. The van der Waals surface area contributed by atoms with Crippen molar-refractivity contribution in [3.63, 3.8) is 0 Å². The molecule has 0 fully saturated rings. The number of hydrogen-bond donors (Lipinski definition) is 2. The van der Waals surface area contributed by atoms with Crippen molar-refractivity contribution < 1.29 is 5.11 Å². The fraction of sp³-hybridized carbons (Fsp3) is 0.250. The number of aliphatic hydroxyl groups is 1. The molecule has 2 rings (SSSR count). The summed E-state index contributed by atoms with van der Waals surface area (Å²) in [6.45, 7) is 2.98. The maximum Gasteiger partial charge on any atom is 0.0692 e. The number of hydrogen-bond acceptors (Lipinski definition) is 3. The highest BCUT2D eigenvalue weighted by Crippen LogP contribution is 2.33. The minimum absolute atomic E-state index is 0.0816. The smallest absolute Gasteiger partial charge is 0.0692 e. The van der Waals surface area contributed by atoms with E-state index in [9.17, 15) is 5.11 Å². The molecule has 2 aromatic rings. The molecule has 0 aliphatic carbocycles. The standard InChI is InChI=1S/C16H19NOS/c1-12-7-8-16(14(9-12)11-18)19-15-6-4-3-5-13(15)10-17-2/h3-9,17-18H,10-11H2,1-2H3. The molecule has 0 amide bonds. The molecule has 3 heteroatoms. The van der Waals surface area contributed by atoms with Gasteiger partial charge in [-0.15, -0.1) is 0 Å². The third-order valence-electron chi connectivity index (χ3n) is 2.95. The van der Waals surface area contributed by atoms with Crippen LogP contribution in [0.2, 0.25) is 0 Å². The Labute approximate surface area is 118 Å². The van der Waals surface area contributed by atoms with E-state index in [2.05, 4.69) is 35.6 Å². The van der Waals surface area contributed by atoms with Crippen LogP contribution in [0.4, 0.5) is 0 Å². The predicted molar refractivity (Wildman–Crippen MR) is 80.4 cm³/mol. The lowest BCUT2D eigenvalue weighted by atomic mass is 10.1. The summed E-state index contributed by atoms with van der Waals surface area (Å²) in [7, 11) is 1.95. The first kappa shape index (κ1) is 14.1. The van der Waals surface area contributed by atoms with Crippen molar-refractivity contribution in [2.75, 3.05) is 7.05 Å². The maximum absolute atomic E-state index is 9.47. The molecule has 0 bridgehead atoms. The van der Waals surface area contributed by atoms with Crippen LogP contribution in [-0.4, -0.2) is 12.2 Å². The molecule has 0 unspecified atom stereocenters. The molecule has 0 aliphatic rings. The average molecular weight is 273 g/mol. The summed E-state index contributed by atoms with van der Waals surface area (Å²) in [5.74, 6) is 0. The molecule has 2 nitrogen and oxygen atoms in total. The second-order valence-corrected chi connectivity index (χ2v) is 5.59. The van der Waals surface area contributed by atoms with Crippen LogP contribution in [0.25, 0.3) is 0 Å². The van der Waals surface area contributed by atoms with E-state index in [4.69, 9.17) is 0 Å². The van der Waals surface area contributed by atoms with Crippen LogP contribution in [0.5, 0.6) is 0 Å². The van der Waals surface area contributed by atoms with Gasteiger partial charge in [-0.2, -0.15) is 0 Å². The Morgan fingerprint density at radius 2 is 1.79 bits per heavy atom. The minimum Gasteiger partial charge on any atom is -0.392 e. The SMILES string of the molecule is CNCc1ccccc1Sc1ccc(C)cc1CO. The quantitative estimate of drug-likeness (QED) is 0.876. The van der Waals surface area contributed by atoms with E-state index in [1.165, 1.54) is 16.0 Å². The van der Waals surface area contributed by atoms with Crippen molar-refractivity contribution in [3.05, 3.63) is 59.2 Å². The van der Waals surface area contributed by atoms with Crippen LogP contribution in [0.15, 0.2) is 52.3 Å². The van der Waals surface area contributed by atoms with E-state index in [0.717, 1.165) is 17.0 Å². The van der Waals surface area contributed by atoms with Gasteiger partial charge < -0.3 is 10.4 Å². The highest BCUT2D eigenvalue weighted by molar-refractivity contribution is 7.99. The molecular formula is C16H19NOS. The Bertz CT molecular complexity index is 554. The van der Waals surface area contributed by atoms with Crippen molar-refractivity contribution in [1.29, 1.82) is 0 Å². The lowest BCUT2D eigenvalue weighted by Crippen LogP contribution is -2.05. The highest BCUT2D eigenvalue weighted by atomic mass is 32.2. The number of rotatable bonds is 5. The first-order chi connectivity index (χ1) is 9.24. The monoisotopic (exact) mass is 273 g/mol. The van der Waals surface area contributed by atoms with Gasteiger partial charge in [0.25, 0.3) is 0 Å². The summed E-state index contributed by atoms with van der Waals surface area (Å²) in [6, 6.07) is 14.6. The van der Waals surface area contributed by atoms with Crippen molar-refractivity contribution in [2.45, 2.75) is 29.9 Å². The Morgan fingerprint density at radius 1 is 1.05 bits per heavy atom. The van der Waals surface area contributed by atoms with E-state index in [-0.39, 0.29) is 6.61 Å². The van der Waals surface area contributed by atoms with Crippen LogP contribution < -0.4 is 5.32 Å². The fourth-order valence-electron chi connectivity index (χ4n) is 1.99. The van der Waals surface area contributed by atoms with E-state index in [0.29, 0.717) is 0 Å². The molecule has 0 saturated carbocycles. The Balaban J connectivity index is 2.30. The molecule has 0 atom stereocenters. The van der Waals surface area contributed by atoms with Crippen LogP contribution in [0.3, 0.4) is 0 Å². The second-order valence-electron chi connectivity index (χ2n) is 4.51. The Kier molecular flexibility index (Phi) is 5.02. The van der Waals surface area contributed by atoms with Gasteiger partial charge in [-0.1, -0.05) is 47.7 Å². The molecule has 2 N–H and O–H groups in total. The van der Waals surface area contributed by atoms with Gasteiger partial charge in [-0.3, -0.25) is 0 Å². The van der Waals surface area contributed by atoms with Gasteiger partial charge in [-0.25, -0.2) is 0 Å². The number of nitrogens with one attached hydrogen (secondary N) is 1. The van der Waals surface area contributed by atoms with Crippen LogP contribution in [-0.2, 0) is 13.2 Å². The molecule has 0 spiro atoms. The van der Waals surface area contributed by atoms with Gasteiger partial charge in [0.1, 0.15) is 0 Å². The lowest BCUT2D eigenvalue weighted by Gasteiger charge is -2.11. The lowest BCUT2D eigenvalue weighted by molar-refractivity contribution is 0.279. The van der Waals surface area contributed by atoms with Gasteiger partial charge in [0.05, 0.1) is 6.61 Å². The third-order valence-corrected chi connectivity index (χ3v) is 4.18. The van der Waals surface area contributed by atoms with Crippen LogP contribution in [0, 0.1) is 6.92 Å². The number of benzene rings is 2. The Morgan fingerprint density at radius 3 is 2.53 bits per heavy atom. The summed E-state index contributed by atoms with van der Waals surface area (Å²) < 4.78 is 0. The molecule has 0 aliphatic heterocycles. The van der Waals surface area contributed by atoms with E-state index in [1.807, 2.05) is 26.1 Å². The van der Waals surface area contributed by atoms with E-state index < -0.39 is 0 Å². The molecule has 19 heavy (non-hydrogen) atoms. The predicted octanol–water partition coefficient (Wildman–Crippen LogP) is 3.36. The summed E-state index contributed by atoms with van der Waals surface area (Å²) in [4.78, 5) is 2.35. The summed E-state index contributed by atoms with van der Waals surface area (Å²) in [5, 5.41) is 12.7. The maximum atomic E-state index is 9.47. The van der Waals surface area contributed by atoms with Crippen LogP contribution in [0.1, 0.15) is 16.7 Å². The summed E-state index contributed by atoms with van der Waals surface area (Å²) in [6.07, 6.45) is 0. The zero-order valence-electron chi connectivity index (χ0n) is 11.3. The minimum atomic E-state index is 0.0816. The second kappa shape index (κ2) is 6.75. The van der Waals surface area contributed by atoms with Crippen molar-refractivity contribution in [1.82, 2.24) is 5.32 Å². The van der Waals surface area contributed by atoms with Gasteiger partial charge in [-0.05, 0) is 37.2 Å². The van der Waals surface area contributed by atoms with Crippen molar-refractivity contribution in [3.8, 4) is 0 Å². The number of aliphatic hydroxyl groups excluding tert-OH is 1. The largest absolute Gasteiger partial charge is 0.392 e. The van der Waals surface area contributed by atoms with Crippen LogP contribution >= 0.6 is 11.8 Å². The van der Waals surface area contributed by atoms with E-state index in [1.54, 1.807) is 11.8 Å². The summed E-state index contributed by atoms with van der Waals surface area (Å²) >= 11 is 1.71. The van der Waals surface area contributed by atoms with Crippen molar-refractivity contribution >= 4 is 11.8 Å². The molecule has 2 aromatic carbocycles.